The Labute approximate surface area is 150 Å². The topological polar surface area (TPSA) is 67.0 Å². The van der Waals surface area contributed by atoms with Crippen LogP contribution in [0.15, 0.2) is 42.5 Å². The maximum atomic E-state index is 13.2. The Morgan fingerprint density at radius 2 is 2.19 bits per heavy atom. The molecular weight excluding hydrogens is 333 g/mol. The molecule has 2 heterocycles. The van der Waals surface area contributed by atoms with Crippen molar-refractivity contribution in [2.24, 2.45) is 5.92 Å². The summed E-state index contributed by atoms with van der Waals surface area (Å²) >= 11 is 0. The molecule has 0 saturated carbocycles. The van der Waals surface area contributed by atoms with E-state index in [0.29, 0.717) is 37.9 Å². The standard InChI is InChI=1S/C20H20FN3O2/c21-15-5-6-16-17(12-15)24-19(23-16)7-9-22-20(25)14-8-10-26-18-4-2-1-3-13(18)11-14/h1-6,12,14H,7-11H2,(H,22,25)(H,23,24)/t14-/m0/s1. The number of nitrogens with zero attached hydrogens (tertiary/aromatic N) is 1. The van der Waals surface area contributed by atoms with Crippen LogP contribution >= 0.6 is 0 Å². The van der Waals surface area contributed by atoms with Gasteiger partial charge in [0.25, 0.3) is 0 Å². The number of nitrogens with one attached hydrogen (secondary N) is 2. The van der Waals surface area contributed by atoms with E-state index in [-0.39, 0.29) is 17.6 Å². The number of carbonyl (C=O) groups is 1. The zero-order valence-corrected chi connectivity index (χ0v) is 14.3. The summed E-state index contributed by atoms with van der Waals surface area (Å²) in [4.78, 5) is 20.0. The van der Waals surface area contributed by atoms with Crippen LogP contribution in [0.2, 0.25) is 0 Å². The number of ether oxygens (including phenoxy) is 1. The summed E-state index contributed by atoms with van der Waals surface area (Å²) in [5, 5.41) is 2.99. The molecule has 0 spiro atoms. The highest BCUT2D eigenvalue weighted by atomic mass is 19.1. The van der Waals surface area contributed by atoms with Crippen LogP contribution in [-0.4, -0.2) is 29.0 Å². The molecule has 4 rings (SSSR count). The van der Waals surface area contributed by atoms with E-state index in [9.17, 15) is 9.18 Å². The van der Waals surface area contributed by atoms with Crippen molar-refractivity contribution >= 4 is 16.9 Å². The van der Waals surface area contributed by atoms with Crippen LogP contribution in [0.4, 0.5) is 4.39 Å². The monoisotopic (exact) mass is 353 g/mol. The largest absolute Gasteiger partial charge is 0.493 e. The van der Waals surface area contributed by atoms with Crippen LogP contribution < -0.4 is 10.1 Å². The summed E-state index contributed by atoms with van der Waals surface area (Å²) in [5.74, 6) is 1.26. The lowest BCUT2D eigenvalue weighted by molar-refractivity contribution is -0.125. The Morgan fingerprint density at radius 1 is 1.31 bits per heavy atom. The molecular formula is C20H20FN3O2. The third kappa shape index (κ3) is 3.54. The van der Waals surface area contributed by atoms with Gasteiger partial charge in [0.05, 0.1) is 17.6 Å². The predicted molar refractivity (Wildman–Crippen MR) is 96.5 cm³/mol. The highest BCUT2D eigenvalue weighted by molar-refractivity contribution is 5.79. The van der Waals surface area contributed by atoms with Gasteiger partial charge in [0.2, 0.25) is 5.91 Å². The number of hydrogen-bond acceptors (Lipinski definition) is 3. The Bertz CT molecular complexity index is 938. The first-order valence-corrected chi connectivity index (χ1v) is 8.81. The first-order chi connectivity index (χ1) is 12.7. The summed E-state index contributed by atoms with van der Waals surface area (Å²) in [6.45, 7) is 1.03. The fourth-order valence-electron chi connectivity index (χ4n) is 3.32. The van der Waals surface area contributed by atoms with Gasteiger partial charge in [-0.1, -0.05) is 18.2 Å². The lowest BCUT2D eigenvalue weighted by Gasteiger charge is -2.13. The third-order valence-electron chi connectivity index (χ3n) is 4.69. The van der Waals surface area contributed by atoms with Gasteiger partial charge in [-0.3, -0.25) is 4.79 Å². The average molecular weight is 353 g/mol. The number of hydrogen-bond donors (Lipinski definition) is 2. The Hall–Kier alpha value is -2.89. The van der Waals surface area contributed by atoms with E-state index in [0.717, 1.165) is 22.7 Å². The number of amides is 1. The second-order valence-electron chi connectivity index (χ2n) is 6.53. The molecule has 1 aliphatic rings. The van der Waals surface area contributed by atoms with Gasteiger partial charge in [-0.05, 0) is 42.7 Å². The van der Waals surface area contributed by atoms with Crippen molar-refractivity contribution in [1.29, 1.82) is 0 Å². The molecule has 1 aromatic heterocycles. The van der Waals surface area contributed by atoms with Gasteiger partial charge in [-0.25, -0.2) is 9.37 Å². The summed E-state index contributed by atoms with van der Waals surface area (Å²) < 4.78 is 19.0. The number of rotatable bonds is 4. The normalized spacial score (nSPS) is 16.6. The van der Waals surface area contributed by atoms with E-state index in [1.165, 1.54) is 12.1 Å². The molecule has 2 aromatic carbocycles. The first-order valence-electron chi connectivity index (χ1n) is 8.81. The maximum Gasteiger partial charge on any atom is 0.223 e. The van der Waals surface area contributed by atoms with Crippen LogP contribution in [0, 0.1) is 11.7 Å². The molecule has 0 unspecified atom stereocenters. The van der Waals surface area contributed by atoms with Crippen LogP contribution in [0.3, 0.4) is 0 Å². The van der Waals surface area contributed by atoms with Gasteiger partial charge < -0.3 is 15.0 Å². The predicted octanol–water partition coefficient (Wildman–Crippen LogP) is 3.00. The Balaban J connectivity index is 1.34. The molecule has 6 heteroatoms. The molecule has 1 amide bonds. The summed E-state index contributed by atoms with van der Waals surface area (Å²) in [6.07, 6.45) is 1.96. The van der Waals surface area contributed by atoms with Crippen molar-refractivity contribution in [3.63, 3.8) is 0 Å². The number of para-hydroxylation sites is 1. The summed E-state index contributed by atoms with van der Waals surface area (Å²) in [5.41, 5.74) is 2.47. The number of halogens is 1. The van der Waals surface area contributed by atoms with Gasteiger partial charge in [-0.15, -0.1) is 0 Å². The average Bonchev–Trinajstić information content (AvgIpc) is 2.90. The van der Waals surface area contributed by atoms with Crippen LogP contribution in [0.1, 0.15) is 17.8 Å². The van der Waals surface area contributed by atoms with E-state index in [1.54, 1.807) is 6.07 Å². The van der Waals surface area contributed by atoms with Gasteiger partial charge >= 0.3 is 0 Å². The molecule has 0 radical (unpaired) electrons. The Morgan fingerprint density at radius 3 is 3.12 bits per heavy atom. The van der Waals surface area contributed by atoms with E-state index in [1.807, 2.05) is 24.3 Å². The summed E-state index contributed by atoms with van der Waals surface area (Å²) in [6, 6.07) is 12.3. The number of imidazole rings is 1. The number of benzene rings is 2. The first kappa shape index (κ1) is 16.6. The molecule has 3 aromatic rings. The third-order valence-corrected chi connectivity index (χ3v) is 4.69. The van der Waals surface area contributed by atoms with E-state index < -0.39 is 0 Å². The quantitative estimate of drug-likeness (QED) is 0.758. The van der Waals surface area contributed by atoms with Crippen molar-refractivity contribution in [1.82, 2.24) is 15.3 Å². The van der Waals surface area contributed by atoms with E-state index in [2.05, 4.69) is 15.3 Å². The van der Waals surface area contributed by atoms with Gasteiger partial charge in [0.15, 0.2) is 0 Å². The fraction of sp³-hybridized carbons (Fsp3) is 0.300. The molecule has 0 saturated heterocycles. The molecule has 1 atom stereocenters. The minimum Gasteiger partial charge on any atom is -0.493 e. The fourth-order valence-corrected chi connectivity index (χ4v) is 3.32. The molecule has 134 valence electrons. The maximum absolute atomic E-state index is 13.2. The molecule has 0 fully saturated rings. The lowest BCUT2D eigenvalue weighted by atomic mass is 9.96. The molecule has 26 heavy (non-hydrogen) atoms. The van der Waals surface area contributed by atoms with Gasteiger partial charge in [0, 0.05) is 18.9 Å². The molecule has 5 nitrogen and oxygen atoms in total. The van der Waals surface area contributed by atoms with Crippen molar-refractivity contribution in [2.45, 2.75) is 19.3 Å². The van der Waals surface area contributed by atoms with E-state index in [4.69, 9.17) is 4.74 Å². The Kier molecular flexibility index (Phi) is 4.56. The minimum absolute atomic E-state index is 0.0347. The van der Waals surface area contributed by atoms with Gasteiger partial charge in [-0.2, -0.15) is 0 Å². The van der Waals surface area contributed by atoms with Crippen molar-refractivity contribution in [3.8, 4) is 5.75 Å². The van der Waals surface area contributed by atoms with Gasteiger partial charge in [0.1, 0.15) is 17.4 Å². The van der Waals surface area contributed by atoms with Crippen LogP contribution in [0.25, 0.3) is 11.0 Å². The molecule has 0 aliphatic carbocycles. The lowest BCUT2D eigenvalue weighted by Crippen LogP contribution is -2.33. The second-order valence-corrected chi connectivity index (χ2v) is 6.53. The van der Waals surface area contributed by atoms with Crippen LogP contribution in [0.5, 0.6) is 5.75 Å². The van der Waals surface area contributed by atoms with E-state index >= 15 is 0 Å². The number of aromatic amines is 1. The molecule has 1 aliphatic heterocycles. The molecule has 2 N–H and O–H groups in total. The highest BCUT2D eigenvalue weighted by Crippen LogP contribution is 2.26. The van der Waals surface area contributed by atoms with Crippen molar-refractivity contribution in [2.75, 3.05) is 13.2 Å². The molecule has 0 bridgehead atoms. The van der Waals surface area contributed by atoms with Crippen molar-refractivity contribution in [3.05, 3.63) is 59.7 Å². The minimum atomic E-state index is -0.295. The summed E-state index contributed by atoms with van der Waals surface area (Å²) in [7, 11) is 0. The zero-order valence-electron chi connectivity index (χ0n) is 14.3. The smallest absolute Gasteiger partial charge is 0.223 e. The highest BCUT2D eigenvalue weighted by Gasteiger charge is 2.23. The number of fused-ring (bicyclic) bond motifs is 2. The number of carbonyl (C=O) groups excluding carboxylic acids is 1. The number of H-pyrrole nitrogens is 1. The second kappa shape index (κ2) is 7.15. The SMILES string of the molecule is O=C(NCCc1nc2ccc(F)cc2[nH]1)[C@H]1CCOc2ccccc2C1. The zero-order chi connectivity index (χ0) is 17.9. The van der Waals surface area contributed by atoms with Crippen molar-refractivity contribution < 1.29 is 13.9 Å². The van der Waals surface area contributed by atoms with Crippen LogP contribution in [-0.2, 0) is 17.6 Å². The number of aromatic nitrogens is 2.